The Bertz CT molecular complexity index is 1040. The maximum Gasteiger partial charge on any atom is 0.254 e. The van der Waals surface area contributed by atoms with Gasteiger partial charge in [0.2, 0.25) is 5.56 Å². The van der Waals surface area contributed by atoms with Gasteiger partial charge in [-0.2, -0.15) is 0 Å². The molecular weight excluding hydrogens is 426 g/mol. The minimum Gasteiger partial charge on any atom is -0.492 e. The number of aryl methyl sites for hydroxylation is 1. The summed E-state index contributed by atoms with van der Waals surface area (Å²) in [6, 6.07) is 11.6. The predicted octanol–water partition coefficient (Wildman–Crippen LogP) is 4.11. The van der Waals surface area contributed by atoms with Crippen LogP contribution in [0.25, 0.3) is 0 Å². The Morgan fingerprint density at radius 3 is 2.68 bits per heavy atom. The van der Waals surface area contributed by atoms with Crippen molar-refractivity contribution in [2.45, 2.75) is 51.4 Å². The highest BCUT2D eigenvalue weighted by atomic mass is 16.5. The Kier molecular flexibility index (Phi) is 7.05. The highest BCUT2D eigenvalue weighted by molar-refractivity contribution is 5.94. The van der Waals surface area contributed by atoms with Crippen molar-refractivity contribution in [1.82, 2.24) is 14.8 Å². The average Bonchev–Trinajstić information content (AvgIpc) is 3.66. The molecule has 1 saturated carbocycles. The van der Waals surface area contributed by atoms with Gasteiger partial charge < -0.3 is 14.6 Å². The largest absolute Gasteiger partial charge is 0.492 e. The minimum atomic E-state index is -0.224. The van der Waals surface area contributed by atoms with E-state index < -0.39 is 0 Å². The highest BCUT2D eigenvalue weighted by Crippen LogP contribution is 2.40. The van der Waals surface area contributed by atoms with Gasteiger partial charge in [0.05, 0.1) is 0 Å². The number of H-pyrrole nitrogens is 1. The third kappa shape index (κ3) is 5.72. The SMILES string of the molecule is O=C(c1cc[nH]c(=O)c1)N1CCC2(CCCCc3ccccc3OCCN(CC3CC3)C2)CC1. The number of nitrogens with zero attached hydrogens (tertiary/aromatic N) is 2. The van der Waals surface area contributed by atoms with Gasteiger partial charge in [0.1, 0.15) is 12.4 Å². The molecule has 6 heteroatoms. The normalized spacial score (nSPS) is 21.7. The van der Waals surface area contributed by atoms with Crippen molar-refractivity contribution in [2.75, 3.05) is 39.3 Å². The summed E-state index contributed by atoms with van der Waals surface area (Å²) >= 11 is 0. The molecule has 182 valence electrons. The zero-order chi connectivity index (χ0) is 23.4. The summed E-state index contributed by atoms with van der Waals surface area (Å²) in [5.74, 6) is 1.87. The molecular formula is C28H37N3O3. The number of carbonyl (C=O) groups excluding carboxylic acids is 1. The zero-order valence-electron chi connectivity index (χ0n) is 20.1. The highest BCUT2D eigenvalue weighted by Gasteiger charge is 2.38. The Hall–Kier alpha value is -2.60. The van der Waals surface area contributed by atoms with Gasteiger partial charge in [-0.05, 0) is 74.0 Å². The monoisotopic (exact) mass is 463 g/mol. The lowest BCUT2D eigenvalue weighted by Gasteiger charge is -2.45. The molecule has 2 aromatic rings. The van der Waals surface area contributed by atoms with E-state index in [0.29, 0.717) is 5.56 Å². The molecule has 3 aliphatic rings. The van der Waals surface area contributed by atoms with Gasteiger partial charge in [-0.15, -0.1) is 0 Å². The van der Waals surface area contributed by atoms with Crippen LogP contribution in [0.4, 0.5) is 0 Å². The summed E-state index contributed by atoms with van der Waals surface area (Å²) in [5, 5.41) is 0. The van der Waals surface area contributed by atoms with Crippen LogP contribution in [0.3, 0.4) is 0 Å². The van der Waals surface area contributed by atoms with Crippen molar-refractivity contribution in [1.29, 1.82) is 0 Å². The number of amides is 1. The lowest BCUT2D eigenvalue weighted by molar-refractivity contribution is 0.0368. The Labute approximate surface area is 202 Å². The Balaban J connectivity index is 1.28. The van der Waals surface area contributed by atoms with Gasteiger partial charge in [-0.1, -0.05) is 24.6 Å². The number of aromatic nitrogens is 1. The number of fused-ring (bicyclic) bond motifs is 1. The van der Waals surface area contributed by atoms with Gasteiger partial charge in [0, 0.05) is 50.6 Å². The number of pyridine rings is 1. The van der Waals surface area contributed by atoms with Crippen molar-refractivity contribution in [3.05, 3.63) is 64.1 Å². The van der Waals surface area contributed by atoms with Crippen LogP contribution in [-0.4, -0.2) is 60.0 Å². The number of ether oxygens (including phenoxy) is 1. The molecule has 5 rings (SSSR count). The Morgan fingerprint density at radius 2 is 1.88 bits per heavy atom. The van der Waals surface area contributed by atoms with Crippen LogP contribution in [0.15, 0.2) is 47.4 Å². The van der Waals surface area contributed by atoms with E-state index in [1.165, 1.54) is 50.3 Å². The van der Waals surface area contributed by atoms with E-state index in [0.717, 1.165) is 63.7 Å². The summed E-state index contributed by atoms with van der Waals surface area (Å²) in [6.07, 6.45) is 11.0. The predicted molar refractivity (Wildman–Crippen MR) is 133 cm³/mol. The summed E-state index contributed by atoms with van der Waals surface area (Å²) < 4.78 is 6.25. The molecule has 6 nitrogen and oxygen atoms in total. The topological polar surface area (TPSA) is 65.6 Å². The zero-order valence-corrected chi connectivity index (χ0v) is 20.1. The van der Waals surface area contributed by atoms with Gasteiger partial charge in [0.15, 0.2) is 0 Å². The quantitative estimate of drug-likeness (QED) is 0.744. The summed E-state index contributed by atoms with van der Waals surface area (Å²) in [6.45, 7) is 5.49. The number of benzene rings is 1. The molecule has 34 heavy (non-hydrogen) atoms. The number of carbonyl (C=O) groups is 1. The van der Waals surface area contributed by atoms with Crippen LogP contribution < -0.4 is 10.3 Å². The molecule has 0 unspecified atom stereocenters. The number of piperidine rings is 1. The average molecular weight is 464 g/mol. The van der Waals surface area contributed by atoms with E-state index in [9.17, 15) is 9.59 Å². The van der Waals surface area contributed by atoms with Gasteiger partial charge >= 0.3 is 0 Å². The molecule has 1 aliphatic carbocycles. The maximum atomic E-state index is 13.0. The first kappa shape index (κ1) is 23.2. The molecule has 1 aromatic carbocycles. The first-order valence-corrected chi connectivity index (χ1v) is 13.0. The molecule has 1 N–H and O–H groups in total. The second kappa shape index (κ2) is 10.3. The van der Waals surface area contributed by atoms with E-state index >= 15 is 0 Å². The van der Waals surface area contributed by atoms with E-state index in [2.05, 4.69) is 34.1 Å². The molecule has 1 amide bonds. The van der Waals surface area contributed by atoms with E-state index in [4.69, 9.17) is 4.74 Å². The third-order valence-electron chi connectivity index (χ3n) is 7.95. The number of rotatable bonds is 3. The number of para-hydroxylation sites is 1. The summed E-state index contributed by atoms with van der Waals surface area (Å²) in [5.41, 5.74) is 1.84. The van der Waals surface area contributed by atoms with Gasteiger partial charge in [0.25, 0.3) is 5.91 Å². The fourth-order valence-corrected chi connectivity index (χ4v) is 5.76. The lowest BCUT2D eigenvalue weighted by Crippen LogP contribution is -2.49. The second-order valence-electron chi connectivity index (χ2n) is 10.6. The second-order valence-corrected chi connectivity index (χ2v) is 10.6. The smallest absolute Gasteiger partial charge is 0.254 e. The van der Waals surface area contributed by atoms with Gasteiger partial charge in [-0.25, -0.2) is 0 Å². The van der Waals surface area contributed by atoms with Crippen LogP contribution in [0.5, 0.6) is 5.75 Å². The van der Waals surface area contributed by atoms with Crippen molar-refractivity contribution in [3.8, 4) is 5.75 Å². The van der Waals surface area contributed by atoms with Crippen LogP contribution in [-0.2, 0) is 6.42 Å². The number of likely N-dealkylation sites (tertiary alicyclic amines) is 1. The number of hydrogen-bond donors (Lipinski definition) is 1. The molecule has 3 heterocycles. The standard InChI is InChI=1S/C28H37N3O3/c32-26-19-24(10-14-29-26)27(33)31-15-12-28(13-16-31)11-4-3-6-23-5-1-2-7-25(23)34-18-17-30(21-28)20-22-8-9-22/h1-2,5,7,10,14,19,22H,3-4,6,8-9,11-13,15-18,20-21H2,(H,29,32). The third-order valence-corrected chi connectivity index (χ3v) is 7.95. The van der Waals surface area contributed by atoms with Gasteiger partial charge in [-0.3, -0.25) is 14.5 Å². The van der Waals surface area contributed by atoms with Crippen molar-refractivity contribution in [3.63, 3.8) is 0 Å². The summed E-state index contributed by atoms with van der Waals surface area (Å²) in [7, 11) is 0. The molecule has 0 bridgehead atoms. The first-order valence-electron chi connectivity index (χ1n) is 13.0. The minimum absolute atomic E-state index is 0.0195. The molecule has 1 saturated heterocycles. The van der Waals surface area contributed by atoms with Crippen molar-refractivity contribution in [2.24, 2.45) is 11.3 Å². The number of hydrogen-bond acceptors (Lipinski definition) is 4. The van der Waals surface area contributed by atoms with Crippen molar-refractivity contribution >= 4 is 5.91 Å². The van der Waals surface area contributed by atoms with E-state index in [-0.39, 0.29) is 16.9 Å². The Morgan fingerprint density at radius 1 is 1.06 bits per heavy atom. The molecule has 1 spiro atoms. The number of nitrogens with one attached hydrogen (secondary N) is 1. The van der Waals surface area contributed by atoms with E-state index in [1.54, 1.807) is 12.3 Å². The molecule has 1 aromatic heterocycles. The van der Waals surface area contributed by atoms with Crippen LogP contribution in [0, 0.1) is 11.3 Å². The van der Waals surface area contributed by atoms with Crippen molar-refractivity contribution < 1.29 is 9.53 Å². The maximum absolute atomic E-state index is 13.0. The summed E-state index contributed by atoms with van der Waals surface area (Å²) in [4.78, 5) is 31.9. The van der Waals surface area contributed by atoms with Crippen LogP contribution >= 0.6 is 0 Å². The first-order chi connectivity index (χ1) is 16.6. The number of aromatic amines is 1. The fourth-order valence-electron chi connectivity index (χ4n) is 5.76. The van der Waals surface area contributed by atoms with Crippen LogP contribution in [0.1, 0.15) is 60.9 Å². The molecule has 0 radical (unpaired) electrons. The fraction of sp³-hybridized carbons (Fsp3) is 0.571. The van der Waals surface area contributed by atoms with Crippen LogP contribution in [0.2, 0.25) is 0 Å². The molecule has 2 fully saturated rings. The molecule has 0 atom stereocenters. The van der Waals surface area contributed by atoms with E-state index in [1.807, 2.05) is 4.90 Å². The molecule has 2 aliphatic heterocycles. The lowest BCUT2D eigenvalue weighted by atomic mass is 9.73.